The Labute approximate surface area is 128 Å². The van der Waals surface area contributed by atoms with Crippen molar-refractivity contribution in [1.82, 2.24) is 4.57 Å². The average molecular weight is 297 g/mol. The molecule has 0 saturated heterocycles. The van der Waals surface area contributed by atoms with E-state index < -0.39 is 5.76 Å². The number of aromatic nitrogens is 1. The van der Waals surface area contributed by atoms with Crippen molar-refractivity contribution in [3.8, 4) is 5.95 Å². The van der Waals surface area contributed by atoms with Crippen LogP contribution in [-0.2, 0) is 0 Å². The molecule has 1 heterocycles. The van der Waals surface area contributed by atoms with Crippen LogP contribution in [0.3, 0.4) is 0 Å². The first kappa shape index (κ1) is 14.4. The minimum atomic E-state index is -0.406. The molecular weight excluding hydrogens is 278 g/mol. The molecule has 1 atom stereocenters. The fraction of sp³-hybridized carbons (Fsp3) is 0.278. The molecule has 0 saturated carbocycles. The number of fused-ring (bicyclic) bond motifs is 1. The van der Waals surface area contributed by atoms with E-state index in [0.29, 0.717) is 0 Å². The van der Waals surface area contributed by atoms with E-state index in [0.717, 1.165) is 16.3 Å². The van der Waals surface area contributed by atoms with Gasteiger partial charge in [0.05, 0.1) is 18.3 Å². The second-order valence-corrected chi connectivity index (χ2v) is 5.63. The predicted molar refractivity (Wildman–Crippen MR) is 86.5 cm³/mol. The van der Waals surface area contributed by atoms with E-state index in [4.69, 9.17) is 9.15 Å². The summed E-state index contributed by atoms with van der Waals surface area (Å²) < 4.78 is 12.2. The van der Waals surface area contributed by atoms with Gasteiger partial charge in [-0.1, -0.05) is 42.5 Å². The van der Waals surface area contributed by atoms with Crippen LogP contribution < -0.4 is 10.5 Å². The van der Waals surface area contributed by atoms with E-state index in [-0.39, 0.29) is 18.1 Å². The van der Waals surface area contributed by atoms with Crippen LogP contribution in [0.5, 0.6) is 5.95 Å². The van der Waals surface area contributed by atoms with Gasteiger partial charge in [0.25, 0.3) is 0 Å². The minimum Gasteiger partial charge on any atom is -0.461 e. The summed E-state index contributed by atoms with van der Waals surface area (Å²) in [5.41, 5.74) is 1.08. The molecule has 0 radical (unpaired) electrons. The first-order chi connectivity index (χ1) is 10.6. The predicted octanol–water partition coefficient (Wildman–Crippen LogP) is 3.99. The molecular formula is C18H19NO3. The van der Waals surface area contributed by atoms with Crippen LogP contribution in [0.2, 0.25) is 0 Å². The van der Waals surface area contributed by atoms with Gasteiger partial charge in [-0.15, -0.1) is 0 Å². The second kappa shape index (κ2) is 5.72. The van der Waals surface area contributed by atoms with Crippen molar-refractivity contribution >= 4 is 10.8 Å². The Kier molecular flexibility index (Phi) is 3.75. The number of rotatable bonds is 4. The molecule has 0 N–H and O–H groups in total. The van der Waals surface area contributed by atoms with E-state index in [2.05, 4.69) is 18.2 Å². The summed E-state index contributed by atoms with van der Waals surface area (Å²) >= 11 is 0. The van der Waals surface area contributed by atoms with Crippen LogP contribution in [0, 0.1) is 0 Å². The van der Waals surface area contributed by atoms with Crippen LogP contribution in [0.25, 0.3) is 10.8 Å². The molecule has 0 aliphatic rings. The van der Waals surface area contributed by atoms with Gasteiger partial charge in [-0.3, -0.25) is 4.57 Å². The van der Waals surface area contributed by atoms with Crippen LogP contribution >= 0.6 is 0 Å². The van der Waals surface area contributed by atoms with Gasteiger partial charge in [-0.05, 0) is 37.1 Å². The van der Waals surface area contributed by atoms with E-state index in [1.807, 2.05) is 45.0 Å². The highest BCUT2D eigenvalue weighted by Gasteiger charge is 2.17. The van der Waals surface area contributed by atoms with Gasteiger partial charge in [-0.25, -0.2) is 4.79 Å². The summed E-state index contributed by atoms with van der Waals surface area (Å²) in [6.07, 6.45) is 1.60. The first-order valence-corrected chi connectivity index (χ1v) is 7.42. The van der Waals surface area contributed by atoms with Crippen molar-refractivity contribution in [3.05, 3.63) is 64.8 Å². The quantitative estimate of drug-likeness (QED) is 0.731. The van der Waals surface area contributed by atoms with Crippen LogP contribution in [-0.4, -0.2) is 10.7 Å². The summed E-state index contributed by atoms with van der Waals surface area (Å²) in [6, 6.07) is 14.1. The second-order valence-electron chi connectivity index (χ2n) is 5.63. The molecule has 1 unspecified atom stereocenters. The van der Waals surface area contributed by atoms with Crippen molar-refractivity contribution < 1.29 is 9.15 Å². The van der Waals surface area contributed by atoms with Crippen molar-refractivity contribution in [3.63, 3.8) is 0 Å². The molecule has 0 spiro atoms. The van der Waals surface area contributed by atoms with Gasteiger partial charge in [0.2, 0.25) is 0 Å². The third-order valence-corrected chi connectivity index (χ3v) is 3.69. The average Bonchev–Trinajstić information content (AvgIpc) is 2.85. The lowest BCUT2D eigenvalue weighted by Crippen LogP contribution is -2.18. The molecule has 0 bridgehead atoms. The highest BCUT2D eigenvalue weighted by Crippen LogP contribution is 2.27. The molecule has 3 rings (SSSR count). The van der Waals surface area contributed by atoms with Crippen LogP contribution in [0.1, 0.15) is 32.4 Å². The number of ether oxygens (including phenoxy) is 1. The Morgan fingerprint density at radius 3 is 2.55 bits per heavy atom. The topological polar surface area (TPSA) is 44.4 Å². The fourth-order valence-corrected chi connectivity index (χ4v) is 2.65. The van der Waals surface area contributed by atoms with Gasteiger partial charge in [-0.2, -0.15) is 0 Å². The summed E-state index contributed by atoms with van der Waals surface area (Å²) in [5.74, 6) is -0.150. The van der Waals surface area contributed by atoms with Crippen molar-refractivity contribution in [2.24, 2.45) is 0 Å². The molecule has 4 nitrogen and oxygen atoms in total. The Balaban J connectivity index is 2.04. The van der Waals surface area contributed by atoms with Gasteiger partial charge >= 0.3 is 11.7 Å². The Morgan fingerprint density at radius 1 is 1.05 bits per heavy atom. The molecule has 4 heteroatoms. The molecule has 0 amide bonds. The molecule has 0 fully saturated rings. The fourth-order valence-electron chi connectivity index (χ4n) is 2.65. The summed E-state index contributed by atoms with van der Waals surface area (Å²) in [4.78, 5) is 12.1. The number of hydrogen-bond acceptors (Lipinski definition) is 3. The zero-order valence-corrected chi connectivity index (χ0v) is 12.9. The lowest BCUT2D eigenvalue weighted by Gasteiger charge is -2.14. The summed E-state index contributed by atoms with van der Waals surface area (Å²) in [6.45, 7) is 5.77. The summed E-state index contributed by atoms with van der Waals surface area (Å²) in [7, 11) is 0. The van der Waals surface area contributed by atoms with Gasteiger partial charge in [0.15, 0.2) is 0 Å². The first-order valence-electron chi connectivity index (χ1n) is 7.42. The lowest BCUT2D eigenvalue weighted by atomic mass is 10.00. The Hall–Kier alpha value is -2.49. The molecule has 114 valence electrons. The third kappa shape index (κ3) is 2.64. The third-order valence-electron chi connectivity index (χ3n) is 3.69. The number of hydrogen-bond donors (Lipinski definition) is 0. The van der Waals surface area contributed by atoms with E-state index in [1.54, 1.807) is 10.8 Å². The number of nitrogens with zero attached hydrogens (tertiary/aromatic N) is 1. The highest BCUT2D eigenvalue weighted by atomic mass is 16.6. The van der Waals surface area contributed by atoms with Crippen molar-refractivity contribution in [2.75, 3.05) is 0 Å². The molecule has 22 heavy (non-hydrogen) atoms. The van der Waals surface area contributed by atoms with Crippen molar-refractivity contribution in [2.45, 2.75) is 32.9 Å². The Morgan fingerprint density at radius 2 is 1.77 bits per heavy atom. The van der Waals surface area contributed by atoms with Gasteiger partial charge in [0, 0.05) is 0 Å². The maximum atomic E-state index is 12.1. The lowest BCUT2D eigenvalue weighted by molar-refractivity contribution is 0.182. The van der Waals surface area contributed by atoms with Crippen molar-refractivity contribution in [1.29, 1.82) is 0 Å². The van der Waals surface area contributed by atoms with Crippen LogP contribution in [0.15, 0.2) is 57.9 Å². The maximum Gasteiger partial charge on any atom is 0.422 e. The largest absolute Gasteiger partial charge is 0.461 e. The number of oxazole rings is 1. The SMILES string of the molecule is CC(C)Oc1cn(C(C)c2cccc3ccccc23)c(=O)o1. The highest BCUT2D eigenvalue weighted by molar-refractivity contribution is 5.86. The standard InChI is InChI=1S/C18H19NO3/c1-12(2)21-17-11-19(18(20)22-17)13(3)15-10-6-8-14-7-4-5-9-16(14)15/h4-13H,1-3H3. The Bertz CT molecular complexity index is 839. The molecule has 1 aromatic heterocycles. The maximum absolute atomic E-state index is 12.1. The zero-order chi connectivity index (χ0) is 15.7. The van der Waals surface area contributed by atoms with Gasteiger partial charge < -0.3 is 9.15 Å². The van der Waals surface area contributed by atoms with E-state index in [1.165, 1.54) is 0 Å². The minimum absolute atomic E-state index is 0.0353. The molecule has 0 aliphatic carbocycles. The van der Waals surface area contributed by atoms with E-state index in [9.17, 15) is 4.79 Å². The number of benzene rings is 2. The summed E-state index contributed by atoms with van der Waals surface area (Å²) in [5, 5.41) is 2.29. The van der Waals surface area contributed by atoms with E-state index >= 15 is 0 Å². The monoisotopic (exact) mass is 297 g/mol. The molecule has 2 aromatic carbocycles. The molecule has 0 aliphatic heterocycles. The van der Waals surface area contributed by atoms with Crippen LogP contribution in [0.4, 0.5) is 0 Å². The molecule has 3 aromatic rings. The van der Waals surface area contributed by atoms with Gasteiger partial charge in [0.1, 0.15) is 0 Å². The zero-order valence-electron chi connectivity index (χ0n) is 12.9. The smallest absolute Gasteiger partial charge is 0.422 e. The normalized spacial score (nSPS) is 12.7.